The molecule has 2 saturated carbocycles. The van der Waals surface area contributed by atoms with Crippen LogP contribution in [-0.4, -0.2) is 41.2 Å². The molecule has 0 aromatic heterocycles. The molecule has 32 heavy (non-hydrogen) atoms. The van der Waals surface area contributed by atoms with Crippen molar-refractivity contribution in [1.29, 1.82) is 0 Å². The summed E-state index contributed by atoms with van der Waals surface area (Å²) in [6, 6.07) is 15.1. The molecule has 0 radical (unpaired) electrons. The minimum absolute atomic E-state index is 0.0670. The minimum atomic E-state index is -0.446. The van der Waals surface area contributed by atoms with E-state index in [1.54, 1.807) is 0 Å². The van der Waals surface area contributed by atoms with Gasteiger partial charge in [0.1, 0.15) is 0 Å². The van der Waals surface area contributed by atoms with Crippen molar-refractivity contribution in [3.05, 3.63) is 69.7 Å². The first-order chi connectivity index (χ1) is 15.5. The maximum Gasteiger partial charge on any atom is 0.0854 e. The van der Waals surface area contributed by atoms with Gasteiger partial charge in [0, 0.05) is 25.0 Å². The Morgan fingerprint density at radius 3 is 2.38 bits per heavy atom. The molecular weight excluding hydrogens is 424 g/mol. The molecule has 0 bridgehead atoms. The average molecular weight is 459 g/mol. The highest BCUT2D eigenvalue weighted by atomic mass is 35.5. The predicted octanol–water partition coefficient (Wildman–Crippen LogP) is 5.16. The van der Waals surface area contributed by atoms with Crippen molar-refractivity contribution in [3.63, 3.8) is 0 Å². The number of rotatable bonds is 5. The van der Waals surface area contributed by atoms with Gasteiger partial charge in [-0.15, -0.1) is 0 Å². The van der Waals surface area contributed by atoms with Crippen LogP contribution in [0.3, 0.4) is 0 Å². The summed E-state index contributed by atoms with van der Waals surface area (Å²) in [6.07, 6.45) is 7.87. The summed E-state index contributed by atoms with van der Waals surface area (Å²) in [5.74, 6) is 0.739. The molecule has 1 heterocycles. The van der Waals surface area contributed by atoms with Gasteiger partial charge in [0.15, 0.2) is 0 Å². The lowest BCUT2D eigenvalue weighted by Gasteiger charge is -2.32. The van der Waals surface area contributed by atoms with Crippen LogP contribution in [0.15, 0.2) is 42.5 Å². The van der Waals surface area contributed by atoms with E-state index in [0.717, 1.165) is 35.6 Å². The first-order valence-corrected chi connectivity index (χ1v) is 12.2. The zero-order chi connectivity index (χ0) is 22.7. The van der Waals surface area contributed by atoms with Crippen molar-refractivity contribution in [2.75, 3.05) is 13.7 Å². The standard InChI is InChI=1S/C26H31ClO3.CH4O/c27-24-6-5-19(25-14-22(29)13-23(16-28)30-25)12-21(24)11-17-1-3-18(4-2-17)20-7-8-26(15-20)9-10-26;1-2/h1-6,12,20,22-23,25,28-29H,7-11,13-16H2;2H,1H3. The highest BCUT2D eigenvalue weighted by Crippen LogP contribution is 2.61. The smallest absolute Gasteiger partial charge is 0.0854 e. The van der Waals surface area contributed by atoms with Gasteiger partial charge in [0.05, 0.1) is 24.9 Å². The van der Waals surface area contributed by atoms with Crippen molar-refractivity contribution < 1.29 is 20.1 Å². The van der Waals surface area contributed by atoms with Crippen molar-refractivity contribution in [3.8, 4) is 0 Å². The molecular formula is C27H35ClO4. The van der Waals surface area contributed by atoms with Crippen molar-refractivity contribution in [1.82, 2.24) is 0 Å². The number of halogens is 1. The molecule has 3 N–H and O–H groups in total. The lowest BCUT2D eigenvalue weighted by molar-refractivity contribution is -0.113. The maximum atomic E-state index is 10.1. The molecule has 1 aliphatic heterocycles. The Morgan fingerprint density at radius 2 is 1.72 bits per heavy atom. The molecule has 4 nitrogen and oxygen atoms in total. The van der Waals surface area contributed by atoms with E-state index in [0.29, 0.717) is 18.3 Å². The second kappa shape index (κ2) is 10.2. The summed E-state index contributed by atoms with van der Waals surface area (Å²) in [5.41, 5.74) is 5.55. The SMILES string of the molecule is CO.OCC1CC(O)CC(c2ccc(Cl)c(Cc3ccc(C4CCC5(CC5)C4)cc3)c2)O1. The van der Waals surface area contributed by atoms with Gasteiger partial charge in [0.25, 0.3) is 0 Å². The zero-order valence-electron chi connectivity index (χ0n) is 18.8. The summed E-state index contributed by atoms with van der Waals surface area (Å²) in [5, 5.41) is 27.3. The number of hydrogen-bond donors (Lipinski definition) is 3. The normalized spacial score (nSPS) is 28.3. The highest BCUT2D eigenvalue weighted by molar-refractivity contribution is 6.31. The molecule has 4 atom stereocenters. The molecule has 5 rings (SSSR count). The minimum Gasteiger partial charge on any atom is -0.400 e. The lowest BCUT2D eigenvalue weighted by Crippen LogP contribution is -2.33. The van der Waals surface area contributed by atoms with Gasteiger partial charge in [-0.25, -0.2) is 0 Å². The zero-order valence-corrected chi connectivity index (χ0v) is 19.6. The van der Waals surface area contributed by atoms with E-state index >= 15 is 0 Å². The number of aliphatic hydroxyl groups excluding tert-OH is 3. The first-order valence-electron chi connectivity index (χ1n) is 11.8. The van der Waals surface area contributed by atoms with Crippen LogP contribution in [0.2, 0.25) is 5.02 Å². The molecule has 1 saturated heterocycles. The summed E-state index contributed by atoms with van der Waals surface area (Å²) in [7, 11) is 1.00. The van der Waals surface area contributed by atoms with E-state index in [1.807, 2.05) is 12.1 Å². The van der Waals surface area contributed by atoms with Crippen LogP contribution in [0.4, 0.5) is 0 Å². The Morgan fingerprint density at radius 1 is 1.00 bits per heavy atom. The number of hydrogen-bond acceptors (Lipinski definition) is 4. The first kappa shape index (κ1) is 23.7. The molecule has 2 aliphatic carbocycles. The van der Waals surface area contributed by atoms with Crippen LogP contribution in [0, 0.1) is 5.41 Å². The Labute approximate surface area is 196 Å². The van der Waals surface area contributed by atoms with E-state index in [9.17, 15) is 10.2 Å². The third kappa shape index (κ3) is 5.37. The summed E-state index contributed by atoms with van der Waals surface area (Å²) >= 11 is 6.51. The van der Waals surface area contributed by atoms with Crippen molar-refractivity contribution >= 4 is 11.6 Å². The Kier molecular flexibility index (Phi) is 7.58. The molecule has 5 heteroatoms. The van der Waals surface area contributed by atoms with Crippen LogP contribution in [0.25, 0.3) is 0 Å². The van der Waals surface area contributed by atoms with Gasteiger partial charge in [-0.1, -0.05) is 48.0 Å². The fourth-order valence-electron chi connectivity index (χ4n) is 5.50. The molecule has 3 fully saturated rings. The summed E-state index contributed by atoms with van der Waals surface area (Å²) in [6.45, 7) is -0.0670. The maximum absolute atomic E-state index is 10.1. The molecule has 0 amide bonds. The van der Waals surface area contributed by atoms with Crippen molar-refractivity contribution in [2.24, 2.45) is 5.41 Å². The number of ether oxygens (including phenoxy) is 1. The lowest BCUT2D eigenvalue weighted by atomic mass is 9.92. The summed E-state index contributed by atoms with van der Waals surface area (Å²) < 4.78 is 5.98. The predicted molar refractivity (Wildman–Crippen MR) is 127 cm³/mol. The quantitative estimate of drug-likeness (QED) is 0.578. The third-order valence-corrected chi connectivity index (χ3v) is 7.90. The third-order valence-electron chi connectivity index (χ3n) is 7.53. The monoisotopic (exact) mass is 458 g/mol. The van der Waals surface area contributed by atoms with Crippen molar-refractivity contribution in [2.45, 2.75) is 75.6 Å². The van der Waals surface area contributed by atoms with E-state index in [-0.39, 0.29) is 18.8 Å². The van der Waals surface area contributed by atoms with Gasteiger partial charge in [0.2, 0.25) is 0 Å². The van der Waals surface area contributed by atoms with Gasteiger partial charge in [-0.05, 0) is 78.2 Å². The van der Waals surface area contributed by atoms with Gasteiger partial charge >= 0.3 is 0 Å². The van der Waals surface area contributed by atoms with E-state index in [4.69, 9.17) is 21.4 Å². The Balaban J connectivity index is 0.00000119. The number of benzene rings is 2. The van der Waals surface area contributed by atoms with E-state index in [1.165, 1.54) is 43.2 Å². The highest BCUT2D eigenvalue weighted by Gasteiger charge is 2.48. The fraction of sp³-hybridized carbons (Fsp3) is 0.556. The van der Waals surface area contributed by atoms with Crippen LogP contribution in [0.5, 0.6) is 0 Å². The second-order valence-corrected chi connectivity index (χ2v) is 10.2. The molecule has 1 spiro atoms. The summed E-state index contributed by atoms with van der Waals surface area (Å²) in [4.78, 5) is 0. The van der Waals surface area contributed by atoms with Gasteiger partial charge < -0.3 is 20.1 Å². The molecule has 2 aromatic carbocycles. The van der Waals surface area contributed by atoms with E-state index in [2.05, 4.69) is 30.3 Å². The molecule has 3 aliphatic rings. The van der Waals surface area contributed by atoms with Crippen LogP contribution < -0.4 is 0 Å². The molecule has 2 aromatic rings. The largest absolute Gasteiger partial charge is 0.400 e. The van der Waals surface area contributed by atoms with Crippen LogP contribution >= 0.6 is 11.6 Å². The Hall–Kier alpha value is -1.43. The molecule has 4 unspecified atom stereocenters. The fourth-order valence-corrected chi connectivity index (χ4v) is 5.69. The van der Waals surface area contributed by atoms with Gasteiger partial charge in [-0.2, -0.15) is 0 Å². The van der Waals surface area contributed by atoms with E-state index < -0.39 is 6.10 Å². The second-order valence-electron chi connectivity index (χ2n) is 9.76. The number of aliphatic hydroxyl groups is 3. The van der Waals surface area contributed by atoms with Crippen LogP contribution in [-0.2, 0) is 11.2 Å². The van der Waals surface area contributed by atoms with Crippen LogP contribution in [0.1, 0.15) is 79.2 Å². The average Bonchev–Trinajstić information content (AvgIpc) is 3.45. The topological polar surface area (TPSA) is 69.9 Å². The van der Waals surface area contributed by atoms with Gasteiger partial charge in [-0.3, -0.25) is 0 Å². The molecule has 174 valence electrons. The Bertz CT molecular complexity index is 893.